The lowest BCUT2D eigenvalue weighted by Gasteiger charge is -2.27. The Morgan fingerprint density at radius 1 is 1.10 bits per heavy atom. The molecule has 2 aromatic heterocycles. The third kappa shape index (κ3) is 6.05. The SMILES string of the molecule is CN=C(NCC(c1cnn(C)c1)N(C)C)N(C)Cc1cnn(-c2ccccc2)c1.I. The molecule has 0 radical (unpaired) electrons. The third-order valence-corrected chi connectivity index (χ3v) is 4.84. The van der Waals surface area contributed by atoms with E-state index in [1.165, 1.54) is 5.56 Å². The molecule has 0 bridgehead atoms. The molecule has 0 spiro atoms. The molecule has 30 heavy (non-hydrogen) atoms. The lowest BCUT2D eigenvalue weighted by molar-refractivity contribution is 0.295. The first-order chi connectivity index (χ1) is 14.0. The van der Waals surface area contributed by atoms with Crippen molar-refractivity contribution in [2.45, 2.75) is 12.6 Å². The van der Waals surface area contributed by atoms with E-state index in [-0.39, 0.29) is 30.0 Å². The summed E-state index contributed by atoms with van der Waals surface area (Å²) in [5.41, 5.74) is 3.34. The molecule has 0 amide bonds. The van der Waals surface area contributed by atoms with Crippen LogP contribution >= 0.6 is 24.0 Å². The molecule has 3 aromatic rings. The van der Waals surface area contributed by atoms with Gasteiger partial charge >= 0.3 is 0 Å². The summed E-state index contributed by atoms with van der Waals surface area (Å²) in [6.07, 6.45) is 7.92. The molecule has 0 aliphatic rings. The van der Waals surface area contributed by atoms with Gasteiger partial charge < -0.3 is 15.1 Å². The van der Waals surface area contributed by atoms with Crippen molar-refractivity contribution in [1.82, 2.24) is 34.7 Å². The Balaban J connectivity index is 0.00000320. The molecular formula is C21H31IN8. The van der Waals surface area contributed by atoms with Crippen molar-refractivity contribution in [3.8, 4) is 5.69 Å². The normalized spacial score (nSPS) is 12.5. The van der Waals surface area contributed by atoms with Crippen LogP contribution in [0.15, 0.2) is 60.1 Å². The van der Waals surface area contributed by atoms with Gasteiger partial charge in [-0.05, 0) is 26.2 Å². The molecule has 1 atom stereocenters. The van der Waals surface area contributed by atoms with E-state index in [2.05, 4.69) is 56.8 Å². The maximum Gasteiger partial charge on any atom is 0.193 e. The van der Waals surface area contributed by atoms with Crippen molar-refractivity contribution in [2.75, 3.05) is 34.7 Å². The van der Waals surface area contributed by atoms with Gasteiger partial charge in [0.05, 0.1) is 24.1 Å². The highest BCUT2D eigenvalue weighted by molar-refractivity contribution is 14.0. The van der Waals surface area contributed by atoms with Crippen LogP contribution in [0.5, 0.6) is 0 Å². The van der Waals surface area contributed by atoms with Crippen molar-refractivity contribution in [3.05, 3.63) is 66.2 Å². The number of aryl methyl sites for hydroxylation is 1. The second kappa shape index (κ2) is 11.1. The molecule has 1 unspecified atom stereocenters. The number of hydrogen-bond donors (Lipinski definition) is 1. The molecule has 0 aliphatic heterocycles. The first-order valence-electron chi connectivity index (χ1n) is 9.63. The Labute approximate surface area is 195 Å². The monoisotopic (exact) mass is 522 g/mol. The minimum Gasteiger partial charge on any atom is -0.354 e. The quantitative estimate of drug-likeness (QED) is 0.294. The highest BCUT2D eigenvalue weighted by atomic mass is 127. The van der Waals surface area contributed by atoms with Crippen LogP contribution < -0.4 is 5.32 Å². The molecule has 0 saturated carbocycles. The van der Waals surface area contributed by atoms with Gasteiger partial charge in [-0.25, -0.2) is 4.68 Å². The van der Waals surface area contributed by atoms with E-state index in [0.29, 0.717) is 6.54 Å². The van der Waals surface area contributed by atoms with Crippen molar-refractivity contribution in [1.29, 1.82) is 0 Å². The summed E-state index contributed by atoms with van der Waals surface area (Å²) in [7, 11) is 9.92. The van der Waals surface area contributed by atoms with Gasteiger partial charge in [-0.15, -0.1) is 24.0 Å². The average Bonchev–Trinajstić information content (AvgIpc) is 3.34. The van der Waals surface area contributed by atoms with Crippen molar-refractivity contribution in [2.24, 2.45) is 12.0 Å². The number of guanidine groups is 1. The summed E-state index contributed by atoms with van der Waals surface area (Å²) in [5.74, 6) is 0.841. The van der Waals surface area contributed by atoms with E-state index in [9.17, 15) is 0 Å². The van der Waals surface area contributed by atoms with Crippen LogP contribution in [0.3, 0.4) is 0 Å². The van der Waals surface area contributed by atoms with Gasteiger partial charge in [0, 0.05) is 57.8 Å². The number of rotatable bonds is 7. The number of aromatic nitrogens is 4. The molecule has 0 saturated heterocycles. The van der Waals surface area contributed by atoms with Gasteiger partial charge in [0.25, 0.3) is 0 Å². The van der Waals surface area contributed by atoms with E-state index in [4.69, 9.17) is 0 Å². The minimum absolute atomic E-state index is 0. The zero-order valence-electron chi connectivity index (χ0n) is 18.2. The Kier molecular flexibility index (Phi) is 8.85. The summed E-state index contributed by atoms with van der Waals surface area (Å²) in [6.45, 7) is 1.45. The Hall–Kier alpha value is -2.40. The molecule has 2 heterocycles. The molecule has 1 N–H and O–H groups in total. The fourth-order valence-corrected chi connectivity index (χ4v) is 3.30. The zero-order valence-corrected chi connectivity index (χ0v) is 20.6. The van der Waals surface area contributed by atoms with Crippen LogP contribution in [0, 0.1) is 0 Å². The summed E-state index contributed by atoms with van der Waals surface area (Å²) in [4.78, 5) is 8.73. The molecule has 9 heteroatoms. The van der Waals surface area contributed by atoms with E-state index in [1.807, 2.05) is 66.2 Å². The second-order valence-electron chi connectivity index (χ2n) is 7.34. The van der Waals surface area contributed by atoms with Crippen LogP contribution in [0.2, 0.25) is 0 Å². The van der Waals surface area contributed by atoms with Gasteiger partial charge in [0.1, 0.15) is 0 Å². The topological polar surface area (TPSA) is 66.5 Å². The minimum atomic E-state index is 0. The van der Waals surface area contributed by atoms with Crippen molar-refractivity contribution < 1.29 is 0 Å². The first-order valence-corrected chi connectivity index (χ1v) is 9.63. The standard InChI is InChI=1S/C21H30N8.HI/c1-22-21(23-13-20(26(2)3)18-12-24-28(5)16-18)27(4)14-17-11-25-29(15-17)19-9-7-6-8-10-19;/h6-12,15-16,20H,13-14H2,1-5H3,(H,22,23);1H. The average molecular weight is 522 g/mol. The molecule has 3 rings (SSSR count). The number of para-hydroxylation sites is 1. The van der Waals surface area contributed by atoms with Gasteiger partial charge in [-0.1, -0.05) is 18.2 Å². The Morgan fingerprint density at radius 2 is 1.83 bits per heavy atom. The summed E-state index contributed by atoms with van der Waals surface area (Å²) >= 11 is 0. The molecule has 0 aliphatic carbocycles. The number of likely N-dealkylation sites (N-methyl/N-ethyl adjacent to an activating group) is 1. The molecule has 162 valence electrons. The second-order valence-corrected chi connectivity index (χ2v) is 7.34. The summed E-state index contributed by atoms with van der Waals surface area (Å²) in [5, 5.41) is 12.3. The van der Waals surface area contributed by atoms with Gasteiger partial charge in [-0.2, -0.15) is 10.2 Å². The number of benzene rings is 1. The highest BCUT2D eigenvalue weighted by Crippen LogP contribution is 2.16. The fourth-order valence-electron chi connectivity index (χ4n) is 3.30. The van der Waals surface area contributed by atoms with Crippen LogP contribution in [0.25, 0.3) is 5.69 Å². The smallest absolute Gasteiger partial charge is 0.193 e. The Morgan fingerprint density at radius 3 is 2.43 bits per heavy atom. The largest absolute Gasteiger partial charge is 0.354 e. The van der Waals surface area contributed by atoms with Crippen LogP contribution in [0.1, 0.15) is 17.2 Å². The van der Waals surface area contributed by atoms with Crippen LogP contribution in [-0.4, -0.2) is 70.1 Å². The van der Waals surface area contributed by atoms with Crippen LogP contribution in [0.4, 0.5) is 0 Å². The van der Waals surface area contributed by atoms with Crippen molar-refractivity contribution in [3.63, 3.8) is 0 Å². The highest BCUT2D eigenvalue weighted by Gasteiger charge is 2.17. The Bertz CT molecular complexity index is 931. The van der Waals surface area contributed by atoms with Crippen LogP contribution in [-0.2, 0) is 13.6 Å². The molecule has 1 aromatic carbocycles. The maximum absolute atomic E-state index is 4.48. The number of hydrogen-bond acceptors (Lipinski definition) is 4. The van der Waals surface area contributed by atoms with E-state index >= 15 is 0 Å². The number of aliphatic imine (C=N–C) groups is 1. The van der Waals surface area contributed by atoms with E-state index < -0.39 is 0 Å². The van der Waals surface area contributed by atoms with Gasteiger partial charge in [0.2, 0.25) is 0 Å². The summed E-state index contributed by atoms with van der Waals surface area (Å²) in [6, 6.07) is 10.3. The lowest BCUT2D eigenvalue weighted by Crippen LogP contribution is -2.42. The lowest BCUT2D eigenvalue weighted by atomic mass is 10.1. The molecule has 8 nitrogen and oxygen atoms in total. The fraction of sp³-hybridized carbons (Fsp3) is 0.381. The number of nitrogens with zero attached hydrogens (tertiary/aromatic N) is 7. The predicted octanol–water partition coefficient (Wildman–Crippen LogP) is 2.53. The van der Waals surface area contributed by atoms with Gasteiger partial charge in [-0.3, -0.25) is 9.67 Å². The van der Waals surface area contributed by atoms with E-state index in [0.717, 1.165) is 23.8 Å². The molecular weight excluding hydrogens is 491 g/mol. The molecule has 0 fully saturated rings. The first kappa shape index (κ1) is 23.9. The predicted molar refractivity (Wildman–Crippen MR) is 131 cm³/mol. The van der Waals surface area contributed by atoms with E-state index in [1.54, 1.807) is 7.05 Å². The van der Waals surface area contributed by atoms with Crippen molar-refractivity contribution >= 4 is 29.9 Å². The van der Waals surface area contributed by atoms with Gasteiger partial charge in [0.15, 0.2) is 5.96 Å². The maximum atomic E-state index is 4.48. The third-order valence-electron chi connectivity index (χ3n) is 4.84. The number of nitrogens with one attached hydrogen (secondary N) is 1. The summed E-state index contributed by atoms with van der Waals surface area (Å²) < 4.78 is 3.72. The zero-order chi connectivity index (χ0) is 20.8. The number of halogens is 1.